The van der Waals surface area contributed by atoms with Crippen molar-refractivity contribution in [1.29, 1.82) is 0 Å². The van der Waals surface area contributed by atoms with Crippen LogP contribution in [0, 0.1) is 11.8 Å². The zero-order valence-electron chi connectivity index (χ0n) is 5.19. The minimum atomic E-state index is 0.495. The molecule has 0 aromatic rings. The highest BCUT2D eigenvalue weighted by Gasteiger charge is 2.45. The fourth-order valence-corrected chi connectivity index (χ4v) is 3.95. The van der Waals surface area contributed by atoms with Crippen LogP contribution in [-0.4, -0.2) is 10.2 Å². The fraction of sp³-hybridized carbons (Fsp3) is 1.00. The van der Waals surface area contributed by atoms with E-state index in [0.717, 1.165) is 16.7 Å². The van der Waals surface area contributed by atoms with Crippen LogP contribution >= 0.6 is 27.5 Å². The lowest BCUT2D eigenvalue weighted by Crippen LogP contribution is -2.10. The van der Waals surface area contributed by atoms with Gasteiger partial charge in [-0.3, -0.25) is 0 Å². The van der Waals surface area contributed by atoms with Gasteiger partial charge in [0.05, 0.1) is 0 Å². The fourth-order valence-electron chi connectivity index (χ4n) is 2.17. The zero-order valence-corrected chi connectivity index (χ0v) is 7.53. The molecule has 2 aliphatic rings. The Balaban J connectivity index is 2.16. The standard InChI is InChI=1S/C7H10BrCl/c8-6-3-4-1-2-5(6)7(4)9/h4-7H,1-3H2/t4-,5+,6-,7-/m0/s1. The SMILES string of the molecule is Cl[C@H]1[C@H]2CC[C@@H]1[C@@H](Br)C2. The lowest BCUT2D eigenvalue weighted by molar-refractivity contribution is 0.497. The van der Waals surface area contributed by atoms with E-state index in [4.69, 9.17) is 11.6 Å². The van der Waals surface area contributed by atoms with Gasteiger partial charge in [0, 0.05) is 10.2 Å². The van der Waals surface area contributed by atoms with Crippen molar-refractivity contribution in [2.24, 2.45) is 11.8 Å². The number of alkyl halides is 2. The summed E-state index contributed by atoms with van der Waals surface area (Å²) >= 11 is 9.79. The molecule has 0 N–H and O–H groups in total. The van der Waals surface area contributed by atoms with Crippen molar-refractivity contribution in [3.63, 3.8) is 0 Å². The van der Waals surface area contributed by atoms with Gasteiger partial charge in [0.15, 0.2) is 0 Å². The summed E-state index contributed by atoms with van der Waals surface area (Å²) in [5.41, 5.74) is 0. The molecular formula is C7H10BrCl. The Labute approximate surface area is 69.1 Å². The molecule has 2 fully saturated rings. The largest absolute Gasteiger partial charge is 0.122 e. The van der Waals surface area contributed by atoms with Crippen molar-refractivity contribution in [2.75, 3.05) is 0 Å². The Morgan fingerprint density at radius 1 is 1.33 bits per heavy atom. The molecule has 0 saturated heterocycles. The second-order valence-electron chi connectivity index (χ2n) is 3.20. The number of rotatable bonds is 0. The average molecular weight is 210 g/mol. The predicted molar refractivity (Wildman–Crippen MR) is 43.2 cm³/mol. The van der Waals surface area contributed by atoms with E-state index >= 15 is 0 Å². The molecule has 0 amide bonds. The number of halogens is 2. The molecule has 2 heteroatoms. The molecule has 52 valence electrons. The second kappa shape index (κ2) is 2.13. The minimum absolute atomic E-state index is 0.495. The van der Waals surface area contributed by atoms with Crippen molar-refractivity contribution in [1.82, 2.24) is 0 Å². The molecule has 0 aromatic heterocycles. The summed E-state index contributed by atoms with van der Waals surface area (Å²) in [6.45, 7) is 0. The Morgan fingerprint density at radius 3 is 2.33 bits per heavy atom. The number of hydrogen-bond donors (Lipinski definition) is 0. The van der Waals surface area contributed by atoms with E-state index in [1.165, 1.54) is 19.3 Å². The van der Waals surface area contributed by atoms with Gasteiger partial charge in [-0.25, -0.2) is 0 Å². The maximum Gasteiger partial charge on any atom is 0.0403 e. The summed E-state index contributed by atoms with van der Waals surface area (Å²) in [5.74, 6) is 1.62. The van der Waals surface area contributed by atoms with Crippen LogP contribution in [0.2, 0.25) is 0 Å². The van der Waals surface area contributed by atoms with Gasteiger partial charge in [-0.2, -0.15) is 0 Å². The summed E-state index contributed by atoms with van der Waals surface area (Å²) < 4.78 is 0. The monoisotopic (exact) mass is 208 g/mol. The molecule has 2 saturated carbocycles. The van der Waals surface area contributed by atoms with Crippen molar-refractivity contribution in [2.45, 2.75) is 29.5 Å². The first-order chi connectivity index (χ1) is 4.29. The van der Waals surface area contributed by atoms with Crippen molar-refractivity contribution in [3.05, 3.63) is 0 Å². The van der Waals surface area contributed by atoms with Gasteiger partial charge >= 0.3 is 0 Å². The van der Waals surface area contributed by atoms with Gasteiger partial charge in [-0.15, -0.1) is 11.6 Å². The highest BCUT2D eigenvalue weighted by atomic mass is 79.9. The number of fused-ring (bicyclic) bond motifs is 2. The van der Waals surface area contributed by atoms with Crippen molar-refractivity contribution in [3.8, 4) is 0 Å². The Morgan fingerprint density at radius 2 is 2.11 bits per heavy atom. The maximum atomic E-state index is 6.14. The lowest BCUT2D eigenvalue weighted by Gasteiger charge is -2.13. The van der Waals surface area contributed by atoms with Gasteiger partial charge in [-0.05, 0) is 31.1 Å². The third-order valence-electron chi connectivity index (χ3n) is 2.72. The molecule has 0 spiro atoms. The van der Waals surface area contributed by atoms with Crippen LogP contribution < -0.4 is 0 Å². The second-order valence-corrected chi connectivity index (χ2v) is 4.88. The van der Waals surface area contributed by atoms with E-state index in [-0.39, 0.29) is 0 Å². The Bertz CT molecular complexity index is 126. The molecule has 2 rings (SSSR count). The van der Waals surface area contributed by atoms with Crippen LogP contribution in [0.15, 0.2) is 0 Å². The molecule has 2 aliphatic carbocycles. The molecule has 0 unspecified atom stereocenters. The summed E-state index contributed by atoms with van der Waals surface area (Å²) in [6, 6.07) is 0. The van der Waals surface area contributed by atoms with Crippen LogP contribution in [0.25, 0.3) is 0 Å². The van der Waals surface area contributed by atoms with E-state index < -0.39 is 0 Å². The molecule has 2 bridgehead atoms. The van der Waals surface area contributed by atoms with Gasteiger partial charge in [0.1, 0.15) is 0 Å². The van der Waals surface area contributed by atoms with E-state index in [1.807, 2.05) is 0 Å². The molecular weight excluding hydrogens is 199 g/mol. The molecule has 0 aliphatic heterocycles. The highest BCUT2D eigenvalue weighted by molar-refractivity contribution is 9.09. The third kappa shape index (κ3) is 0.848. The van der Waals surface area contributed by atoms with Crippen LogP contribution in [0.5, 0.6) is 0 Å². The number of hydrogen-bond acceptors (Lipinski definition) is 0. The van der Waals surface area contributed by atoms with E-state index in [2.05, 4.69) is 15.9 Å². The normalized spacial score (nSPS) is 56.7. The first-order valence-electron chi connectivity index (χ1n) is 3.57. The van der Waals surface area contributed by atoms with E-state index in [0.29, 0.717) is 5.38 Å². The summed E-state index contributed by atoms with van der Waals surface area (Å²) in [7, 11) is 0. The summed E-state index contributed by atoms with van der Waals surface area (Å²) in [6.07, 6.45) is 4.05. The smallest absolute Gasteiger partial charge is 0.0403 e. The van der Waals surface area contributed by atoms with Crippen molar-refractivity contribution >= 4 is 27.5 Å². The third-order valence-corrected chi connectivity index (χ3v) is 4.46. The van der Waals surface area contributed by atoms with Crippen molar-refractivity contribution < 1.29 is 0 Å². The molecule has 4 atom stereocenters. The zero-order chi connectivity index (χ0) is 6.43. The summed E-state index contributed by atoms with van der Waals surface area (Å²) in [4.78, 5) is 0.735. The average Bonchev–Trinajstić information content (AvgIpc) is 2.25. The summed E-state index contributed by atoms with van der Waals surface area (Å²) in [5, 5.41) is 0.495. The Hall–Kier alpha value is 0.770. The highest BCUT2D eigenvalue weighted by Crippen LogP contribution is 2.50. The van der Waals surface area contributed by atoms with Crippen LogP contribution in [0.4, 0.5) is 0 Å². The lowest BCUT2D eigenvalue weighted by atomic mass is 10.0. The molecule has 0 heterocycles. The topological polar surface area (TPSA) is 0 Å². The quantitative estimate of drug-likeness (QED) is 0.538. The predicted octanol–water partition coefficient (Wildman–Crippen LogP) is 2.79. The van der Waals surface area contributed by atoms with Gasteiger partial charge in [0.25, 0.3) is 0 Å². The minimum Gasteiger partial charge on any atom is -0.122 e. The van der Waals surface area contributed by atoms with Gasteiger partial charge < -0.3 is 0 Å². The van der Waals surface area contributed by atoms with E-state index in [1.54, 1.807) is 0 Å². The first kappa shape index (κ1) is 6.48. The van der Waals surface area contributed by atoms with Gasteiger partial charge in [0.2, 0.25) is 0 Å². The van der Waals surface area contributed by atoms with Crippen LogP contribution in [0.1, 0.15) is 19.3 Å². The van der Waals surface area contributed by atoms with E-state index in [9.17, 15) is 0 Å². The molecule has 0 aromatic carbocycles. The van der Waals surface area contributed by atoms with Gasteiger partial charge in [-0.1, -0.05) is 15.9 Å². The van der Waals surface area contributed by atoms with Crippen LogP contribution in [-0.2, 0) is 0 Å². The van der Waals surface area contributed by atoms with Crippen LogP contribution in [0.3, 0.4) is 0 Å². The molecule has 9 heavy (non-hydrogen) atoms. The molecule has 0 radical (unpaired) electrons. The maximum absolute atomic E-state index is 6.14. The molecule has 0 nitrogen and oxygen atoms in total. The Kier molecular flexibility index (Phi) is 1.53. The first-order valence-corrected chi connectivity index (χ1v) is 4.92.